The molecule has 3 heterocycles. The van der Waals surface area contributed by atoms with Gasteiger partial charge in [-0.05, 0) is 48.9 Å². The zero-order chi connectivity index (χ0) is 17.9. The van der Waals surface area contributed by atoms with Crippen molar-refractivity contribution in [3.63, 3.8) is 0 Å². The van der Waals surface area contributed by atoms with Crippen LogP contribution >= 0.6 is 0 Å². The second-order valence-electron chi connectivity index (χ2n) is 6.23. The molecule has 0 atom stereocenters. The maximum atomic E-state index is 13.0. The molecule has 4 rings (SSSR count). The highest BCUT2D eigenvalue weighted by atomic mass is 19.1. The van der Waals surface area contributed by atoms with Gasteiger partial charge in [-0.3, -0.25) is 4.98 Å². The van der Waals surface area contributed by atoms with Crippen molar-refractivity contribution in [3.8, 4) is 17.0 Å². The number of hydrogen-bond donors (Lipinski definition) is 1. The van der Waals surface area contributed by atoms with Gasteiger partial charge in [0.15, 0.2) is 0 Å². The van der Waals surface area contributed by atoms with Crippen LogP contribution in [0.3, 0.4) is 0 Å². The van der Waals surface area contributed by atoms with Gasteiger partial charge in [-0.2, -0.15) is 0 Å². The number of nitrogens with two attached hydrogens (primary N) is 1. The summed E-state index contributed by atoms with van der Waals surface area (Å²) < 4.78 is 18.8. The number of nitrogens with zero attached hydrogens (tertiary/aromatic N) is 4. The summed E-state index contributed by atoms with van der Waals surface area (Å²) in [5.41, 5.74) is 10.4. The van der Waals surface area contributed by atoms with E-state index in [1.165, 1.54) is 17.8 Å². The third-order valence-corrected chi connectivity index (χ3v) is 4.42. The number of aromatic nitrogens is 4. The van der Waals surface area contributed by atoms with E-state index in [4.69, 9.17) is 10.5 Å². The molecule has 0 bridgehead atoms. The van der Waals surface area contributed by atoms with E-state index in [0.717, 1.165) is 42.5 Å². The Morgan fingerprint density at radius 1 is 1.04 bits per heavy atom. The molecule has 0 saturated heterocycles. The van der Waals surface area contributed by atoms with Crippen molar-refractivity contribution in [3.05, 3.63) is 59.6 Å². The van der Waals surface area contributed by atoms with Crippen LogP contribution in [0, 0.1) is 5.82 Å². The van der Waals surface area contributed by atoms with E-state index in [0.29, 0.717) is 11.6 Å². The number of halogens is 1. The van der Waals surface area contributed by atoms with Crippen molar-refractivity contribution in [2.45, 2.75) is 32.3 Å². The Kier molecular flexibility index (Phi) is 4.43. The maximum absolute atomic E-state index is 13.0. The first-order valence-corrected chi connectivity index (χ1v) is 8.53. The lowest BCUT2D eigenvalue weighted by molar-refractivity contribution is 0.287. The van der Waals surface area contributed by atoms with Gasteiger partial charge in [-0.1, -0.05) is 0 Å². The summed E-state index contributed by atoms with van der Waals surface area (Å²) in [4.78, 5) is 16.9. The normalized spacial score (nSPS) is 13.3. The summed E-state index contributed by atoms with van der Waals surface area (Å²) in [7, 11) is 0. The molecule has 2 N–H and O–H groups in total. The minimum absolute atomic E-state index is 0.226. The summed E-state index contributed by atoms with van der Waals surface area (Å²) in [6.07, 6.45) is 8.76. The van der Waals surface area contributed by atoms with Crippen LogP contribution in [0.25, 0.3) is 11.1 Å². The van der Waals surface area contributed by atoms with Crippen molar-refractivity contribution in [2.75, 3.05) is 5.73 Å². The minimum atomic E-state index is -0.369. The molecule has 0 amide bonds. The molecule has 1 aliphatic carbocycles. The third-order valence-electron chi connectivity index (χ3n) is 4.42. The lowest BCUT2D eigenvalue weighted by Crippen LogP contribution is -2.10. The molecule has 0 saturated carbocycles. The van der Waals surface area contributed by atoms with E-state index in [1.807, 2.05) is 6.07 Å². The molecule has 0 unspecified atom stereocenters. The number of pyridine rings is 2. The Morgan fingerprint density at radius 3 is 2.62 bits per heavy atom. The molecule has 3 aromatic rings. The molecule has 0 spiro atoms. The van der Waals surface area contributed by atoms with Crippen molar-refractivity contribution in [2.24, 2.45) is 0 Å². The van der Waals surface area contributed by atoms with Gasteiger partial charge in [-0.15, -0.1) is 0 Å². The number of nitrogen functional groups attached to an aromatic ring is 1. The van der Waals surface area contributed by atoms with Crippen LogP contribution < -0.4 is 10.5 Å². The first-order valence-electron chi connectivity index (χ1n) is 8.53. The van der Waals surface area contributed by atoms with E-state index in [9.17, 15) is 4.39 Å². The summed E-state index contributed by atoms with van der Waals surface area (Å²) in [5, 5.41) is 0. The number of anilines is 1. The van der Waals surface area contributed by atoms with Crippen LogP contribution in [0.15, 0.2) is 36.8 Å². The summed E-state index contributed by atoms with van der Waals surface area (Å²) in [6, 6.07) is 4.87. The maximum Gasteiger partial charge on any atom is 0.219 e. The predicted molar refractivity (Wildman–Crippen MR) is 94.8 cm³/mol. The van der Waals surface area contributed by atoms with E-state index in [1.54, 1.807) is 18.5 Å². The smallest absolute Gasteiger partial charge is 0.219 e. The van der Waals surface area contributed by atoms with E-state index >= 15 is 0 Å². The third kappa shape index (κ3) is 3.46. The van der Waals surface area contributed by atoms with E-state index < -0.39 is 0 Å². The Hall–Kier alpha value is -3.09. The predicted octanol–water partition coefficient (Wildman–Crippen LogP) is 3.11. The van der Waals surface area contributed by atoms with E-state index in [-0.39, 0.29) is 18.4 Å². The van der Waals surface area contributed by atoms with Gasteiger partial charge >= 0.3 is 0 Å². The number of ether oxygens (including phenoxy) is 1. The first-order chi connectivity index (χ1) is 12.7. The standard InChI is InChI=1S/C19H18FN5O/c20-13-5-6-14(22-10-13)11-26-18-7-16(12-8-23-19(21)24-9-12)15-3-1-2-4-17(15)25-18/h5-10H,1-4,11H2,(H2,21,23,24). The molecule has 0 radical (unpaired) electrons. The van der Waals surface area contributed by atoms with Crippen LogP contribution in [0.1, 0.15) is 29.8 Å². The summed E-state index contributed by atoms with van der Waals surface area (Å²) in [6.45, 7) is 0.226. The molecule has 0 aliphatic heterocycles. The Labute approximate surface area is 150 Å². The summed E-state index contributed by atoms with van der Waals surface area (Å²) in [5.74, 6) is 0.394. The Morgan fingerprint density at radius 2 is 1.85 bits per heavy atom. The zero-order valence-corrected chi connectivity index (χ0v) is 14.2. The quantitative estimate of drug-likeness (QED) is 0.777. The lowest BCUT2D eigenvalue weighted by Gasteiger charge is -2.20. The highest BCUT2D eigenvalue weighted by Crippen LogP contribution is 2.33. The van der Waals surface area contributed by atoms with Gasteiger partial charge in [-0.25, -0.2) is 19.3 Å². The van der Waals surface area contributed by atoms with E-state index in [2.05, 4.69) is 19.9 Å². The van der Waals surface area contributed by atoms with Crippen LogP contribution in [0.2, 0.25) is 0 Å². The van der Waals surface area contributed by atoms with Gasteiger partial charge in [0.05, 0.1) is 11.9 Å². The van der Waals surface area contributed by atoms with Crippen LogP contribution in [-0.2, 0) is 19.4 Å². The number of aryl methyl sites for hydroxylation is 1. The second kappa shape index (κ2) is 7.03. The molecule has 1 aliphatic rings. The van der Waals surface area contributed by atoms with Gasteiger partial charge in [0.25, 0.3) is 0 Å². The minimum Gasteiger partial charge on any atom is -0.471 e. The van der Waals surface area contributed by atoms with Gasteiger partial charge < -0.3 is 10.5 Å². The molecule has 26 heavy (non-hydrogen) atoms. The van der Waals surface area contributed by atoms with Crippen molar-refractivity contribution in [1.82, 2.24) is 19.9 Å². The molecular weight excluding hydrogens is 333 g/mol. The monoisotopic (exact) mass is 351 g/mol. The fraction of sp³-hybridized carbons (Fsp3) is 0.263. The molecular formula is C19H18FN5O. The van der Waals surface area contributed by atoms with Crippen molar-refractivity contribution in [1.29, 1.82) is 0 Å². The molecule has 132 valence electrons. The highest BCUT2D eigenvalue weighted by molar-refractivity contribution is 5.68. The van der Waals surface area contributed by atoms with Crippen LogP contribution in [-0.4, -0.2) is 19.9 Å². The van der Waals surface area contributed by atoms with Crippen LogP contribution in [0.4, 0.5) is 10.3 Å². The van der Waals surface area contributed by atoms with Gasteiger partial charge in [0.2, 0.25) is 11.8 Å². The summed E-state index contributed by atoms with van der Waals surface area (Å²) >= 11 is 0. The fourth-order valence-corrected chi connectivity index (χ4v) is 3.13. The highest BCUT2D eigenvalue weighted by Gasteiger charge is 2.18. The Balaban J connectivity index is 1.65. The first kappa shape index (κ1) is 16.4. The van der Waals surface area contributed by atoms with Gasteiger partial charge in [0, 0.05) is 29.7 Å². The molecule has 6 nitrogen and oxygen atoms in total. The average Bonchev–Trinajstić information content (AvgIpc) is 2.67. The number of hydrogen-bond acceptors (Lipinski definition) is 6. The average molecular weight is 351 g/mol. The number of fused-ring (bicyclic) bond motifs is 1. The largest absolute Gasteiger partial charge is 0.471 e. The molecule has 0 fully saturated rings. The SMILES string of the molecule is Nc1ncc(-c2cc(OCc3ccc(F)cn3)nc3c2CCCC3)cn1. The Bertz CT molecular complexity index is 912. The molecule has 3 aromatic heterocycles. The van der Waals surface area contributed by atoms with Gasteiger partial charge in [0.1, 0.15) is 12.4 Å². The number of rotatable bonds is 4. The lowest BCUT2D eigenvalue weighted by atomic mass is 9.90. The fourth-order valence-electron chi connectivity index (χ4n) is 3.13. The molecule has 0 aromatic carbocycles. The molecule has 7 heteroatoms. The van der Waals surface area contributed by atoms with Crippen molar-refractivity contribution < 1.29 is 9.13 Å². The topological polar surface area (TPSA) is 86.8 Å². The van der Waals surface area contributed by atoms with Crippen LogP contribution in [0.5, 0.6) is 5.88 Å². The van der Waals surface area contributed by atoms with Crippen molar-refractivity contribution >= 4 is 5.95 Å². The second-order valence-corrected chi connectivity index (χ2v) is 6.23. The zero-order valence-electron chi connectivity index (χ0n) is 14.2.